The Morgan fingerprint density at radius 1 is 1.17 bits per heavy atom. The summed E-state index contributed by atoms with van der Waals surface area (Å²) >= 11 is 0. The molecule has 2 aromatic rings. The van der Waals surface area contributed by atoms with Crippen LogP contribution in [0.2, 0.25) is 0 Å². The second-order valence-corrected chi connectivity index (χ2v) is 5.93. The van der Waals surface area contributed by atoms with E-state index < -0.39 is 6.55 Å². The lowest BCUT2D eigenvalue weighted by Crippen LogP contribution is -2.48. The van der Waals surface area contributed by atoms with Crippen molar-refractivity contribution < 1.29 is 13.6 Å². The number of piperazine rings is 1. The smallest absolute Gasteiger partial charge is 0.333 e. The van der Waals surface area contributed by atoms with Gasteiger partial charge in [-0.05, 0) is 24.1 Å². The Morgan fingerprint density at radius 2 is 1.88 bits per heavy atom. The molecule has 1 aliphatic rings. The third-order valence-electron chi connectivity index (χ3n) is 4.39. The SMILES string of the molecule is Cc1ccccc1CN1CCN(C(=O)c2ccnn2C(F)F)CC1. The highest BCUT2D eigenvalue weighted by molar-refractivity contribution is 5.92. The maximum Gasteiger partial charge on any atom is 0.333 e. The minimum absolute atomic E-state index is 0.0580. The number of halogens is 2. The van der Waals surface area contributed by atoms with Crippen LogP contribution in [0, 0.1) is 6.92 Å². The second-order valence-electron chi connectivity index (χ2n) is 5.93. The Balaban J connectivity index is 1.60. The first-order valence-corrected chi connectivity index (χ1v) is 7.94. The summed E-state index contributed by atoms with van der Waals surface area (Å²) in [6.07, 6.45) is 1.23. The molecule has 0 radical (unpaired) electrons. The first kappa shape index (κ1) is 16.6. The fraction of sp³-hybridized carbons (Fsp3) is 0.412. The van der Waals surface area contributed by atoms with E-state index in [0.717, 1.165) is 19.6 Å². The van der Waals surface area contributed by atoms with E-state index in [-0.39, 0.29) is 11.6 Å². The summed E-state index contributed by atoms with van der Waals surface area (Å²) in [5.74, 6) is -0.386. The molecule has 1 aromatic carbocycles. The van der Waals surface area contributed by atoms with E-state index in [0.29, 0.717) is 17.8 Å². The molecular formula is C17H20F2N4O. The predicted octanol–water partition coefficient (Wildman–Crippen LogP) is 2.54. The summed E-state index contributed by atoms with van der Waals surface area (Å²) in [5.41, 5.74) is 2.46. The van der Waals surface area contributed by atoms with Gasteiger partial charge in [0.15, 0.2) is 0 Å². The second kappa shape index (κ2) is 7.09. The van der Waals surface area contributed by atoms with Gasteiger partial charge in [0, 0.05) is 38.9 Å². The van der Waals surface area contributed by atoms with Gasteiger partial charge in [-0.15, -0.1) is 0 Å². The van der Waals surface area contributed by atoms with Crippen molar-refractivity contribution in [2.75, 3.05) is 26.2 Å². The first-order chi connectivity index (χ1) is 11.6. The molecular weight excluding hydrogens is 314 g/mol. The number of nitrogens with zero attached hydrogens (tertiary/aromatic N) is 4. The average Bonchev–Trinajstić information content (AvgIpc) is 3.07. The Morgan fingerprint density at radius 3 is 2.54 bits per heavy atom. The van der Waals surface area contributed by atoms with Crippen LogP contribution in [-0.4, -0.2) is 51.7 Å². The fourth-order valence-electron chi connectivity index (χ4n) is 2.94. The van der Waals surface area contributed by atoms with Crippen LogP contribution in [0.15, 0.2) is 36.5 Å². The molecule has 0 aliphatic carbocycles. The molecule has 1 aliphatic heterocycles. The molecule has 1 fully saturated rings. The van der Waals surface area contributed by atoms with Crippen molar-refractivity contribution in [3.63, 3.8) is 0 Å². The van der Waals surface area contributed by atoms with Crippen molar-refractivity contribution in [3.8, 4) is 0 Å². The van der Waals surface area contributed by atoms with Crippen molar-refractivity contribution in [2.24, 2.45) is 0 Å². The van der Waals surface area contributed by atoms with Gasteiger partial charge in [0.2, 0.25) is 0 Å². The zero-order chi connectivity index (χ0) is 17.1. The number of benzene rings is 1. The molecule has 2 heterocycles. The van der Waals surface area contributed by atoms with Gasteiger partial charge in [0.05, 0.1) is 0 Å². The molecule has 5 nitrogen and oxygen atoms in total. The van der Waals surface area contributed by atoms with Gasteiger partial charge in [-0.3, -0.25) is 9.69 Å². The van der Waals surface area contributed by atoms with Gasteiger partial charge in [0.25, 0.3) is 5.91 Å². The maximum absolute atomic E-state index is 12.9. The fourth-order valence-corrected chi connectivity index (χ4v) is 2.94. The summed E-state index contributed by atoms with van der Waals surface area (Å²) in [6.45, 7) is 2.62. The summed E-state index contributed by atoms with van der Waals surface area (Å²) in [5, 5.41) is 3.52. The average molecular weight is 334 g/mol. The third-order valence-corrected chi connectivity index (χ3v) is 4.39. The zero-order valence-electron chi connectivity index (χ0n) is 13.5. The van der Waals surface area contributed by atoms with Gasteiger partial charge in [-0.25, -0.2) is 0 Å². The number of hydrogen-bond donors (Lipinski definition) is 0. The molecule has 24 heavy (non-hydrogen) atoms. The number of alkyl halides is 2. The van der Waals surface area contributed by atoms with Crippen LogP contribution >= 0.6 is 0 Å². The number of aromatic nitrogens is 2. The summed E-state index contributed by atoms with van der Waals surface area (Å²) < 4.78 is 26.2. The number of hydrogen-bond acceptors (Lipinski definition) is 3. The number of carbonyl (C=O) groups is 1. The van der Waals surface area contributed by atoms with E-state index in [1.54, 1.807) is 4.90 Å². The zero-order valence-corrected chi connectivity index (χ0v) is 13.5. The lowest BCUT2D eigenvalue weighted by Gasteiger charge is -2.35. The molecule has 0 atom stereocenters. The molecule has 0 saturated carbocycles. The molecule has 1 aromatic heterocycles. The number of amides is 1. The van der Waals surface area contributed by atoms with E-state index >= 15 is 0 Å². The number of carbonyl (C=O) groups excluding carboxylic acids is 1. The summed E-state index contributed by atoms with van der Waals surface area (Å²) in [4.78, 5) is 16.3. The highest BCUT2D eigenvalue weighted by Crippen LogP contribution is 2.16. The molecule has 1 amide bonds. The monoisotopic (exact) mass is 334 g/mol. The van der Waals surface area contributed by atoms with Crippen LogP contribution in [0.3, 0.4) is 0 Å². The van der Waals surface area contributed by atoms with E-state index in [4.69, 9.17) is 0 Å². The van der Waals surface area contributed by atoms with Gasteiger partial charge in [-0.2, -0.15) is 18.6 Å². The minimum atomic E-state index is -2.80. The Labute approximate surface area is 139 Å². The highest BCUT2D eigenvalue weighted by atomic mass is 19.3. The maximum atomic E-state index is 12.9. The largest absolute Gasteiger partial charge is 0.335 e. The predicted molar refractivity (Wildman–Crippen MR) is 85.8 cm³/mol. The molecule has 7 heteroatoms. The van der Waals surface area contributed by atoms with Crippen molar-refractivity contribution in [1.82, 2.24) is 19.6 Å². The topological polar surface area (TPSA) is 41.4 Å². The Kier molecular flexibility index (Phi) is 4.89. The molecule has 128 valence electrons. The molecule has 3 rings (SSSR count). The van der Waals surface area contributed by atoms with E-state index in [2.05, 4.69) is 29.1 Å². The van der Waals surface area contributed by atoms with Crippen LogP contribution in [0.1, 0.15) is 28.2 Å². The standard InChI is InChI=1S/C17H20F2N4O/c1-13-4-2-3-5-14(13)12-21-8-10-22(11-9-21)16(24)15-6-7-20-23(15)17(18)19/h2-7,17H,8-12H2,1H3. The normalized spacial score (nSPS) is 15.9. The van der Waals surface area contributed by atoms with Crippen LogP contribution in [0.5, 0.6) is 0 Å². The quantitative estimate of drug-likeness (QED) is 0.863. The van der Waals surface area contributed by atoms with E-state index in [9.17, 15) is 13.6 Å². The number of rotatable bonds is 4. The third kappa shape index (κ3) is 3.46. The van der Waals surface area contributed by atoms with Gasteiger partial charge in [0.1, 0.15) is 5.69 Å². The van der Waals surface area contributed by atoms with Crippen molar-refractivity contribution in [3.05, 3.63) is 53.3 Å². The molecule has 0 N–H and O–H groups in total. The van der Waals surface area contributed by atoms with Crippen LogP contribution in [0.25, 0.3) is 0 Å². The molecule has 0 bridgehead atoms. The van der Waals surface area contributed by atoms with Crippen LogP contribution in [-0.2, 0) is 6.54 Å². The molecule has 0 unspecified atom stereocenters. The lowest BCUT2D eigenvalue weighted by molar-refractivity contribution is 0.0424. The van der Waals surface area contributed by atoms with Crippen molar-refractivity contribution >= 4 is 5.91 Å². The van der Waals surface area contributed by atoms with Crippen LogP contribution < -0.4 is 0 Å². The van der Waals surface area contributed by atoms with Gasteiger partial charge in [-0.1, -0.05) is 24.3 Å². The van der Waals surface area contributed by atoms with E-state index in [1.165, 1.54) is 23.4 Å². The molecule has 1 saturated heterocycles. The Bertz CT molecular complexity index is 708. The Hall–Kier alpha value is -2.28. The van der Waals surface area contributed by atoms with Gasteiger partial charge < -0.3 is 4.90 Å². The summed E-state index contributed by atoms with van der Waals surface area (Å²) in [6, 6.07) is 9.57. The number of aryl methyl sites for hydroxylation is 1. The van der Waals surface area contributed by atoms with Crippen molar-refractivity contribution in [2.45, 2.75) is 20.0 Å². The summed E-state index contributed by atoms with van der Waals surface area (Å²) in [7, 11) is 0. The molecule has 0 spiro atoms. The van der Waals surface area contributed by atoms with Crippen molar-refractivity contribution in [1.29, 1.82) is 0 Å². The van der Waals surface area contributed by atoms with Crippen LogP contribution in [0.4, 0.5) is 8.78 Å². The van der Waals surface area contributed by atoms with Gasteiger partial charge >= 0.3 is 6.55 Å². The minimum Gasteiger partial charge on any atom is -0.335 e. The lowest BCUT2D eigenvalue weighted by atomic mass is 10.1. The van der Waals surface area contributed by atoms with E-state index in [1.807, 2.05) is 12.1 Å². The first-order valence-electron chi connectivity index (χ1n) is 7.94. The highest BCUT2D eigenvalue weighted by Gasteiger charge is 2.26.